The minimum Gasteiger partial charge on any atom is -0.493 e. The van der Waals surface area contributed by atoms with Crippen LogP contribution in [0.3, 0.4) is 0 Å². The van der Waals surface area contributed by atoms with Crippen molar-refractivity contribution >= 4 is 11.3 Å². The molecule has 1 N–H and O–H groups in total. The summed E-state index contributed by atoms with van der Waals surface area (Å²) in [5.41, 5.74) is 2.02. The van der Waals surface area contributed by atoms with E-state index in [2.05, 4.69) is 24.5 Å². The maximum Gasteiger partial charge on any atom is 0.170 e. The second kappa shape index (κ2) is 6.72. The summed E-state index contributed by atoms with van der Waals surface area (Å²) in [6.07, 6.45) is 0. The van der Waals surface area contributed by atoms with Crippen LogP contribution in [0.2, 0.25) is 0 Å². The number of hydrogen-bond donors (Lipinski definition) is 1. The van der Waals surface area contributed by atoms with E-state index in [0.717, 1.165) is 34.3 Å². The van der Waals surface area contributed by atoms with Crippen LogP contribution in [0.4, 0.5) is 0 Å². The molecule has 0 bridgehead atoms. The van der Waals surface area contributed by atoms with Crippen LogP contribution in [-0.4, -0.2) is 25.7 Å². The van der Waals surface area contributed by atoms with Gasteiger partial charge in [-0.2, -0.15) is 0 Å². The molecule has 1 aromatic heterocycles. The van der Waals surface area contributed by atoms with Crippen molar-refractivity contribution in [3.8, 4) is 22.1 Å². The molecule has 0 fully saturated rings. The highest BCUT2D eigenvalue weighted by atomic mass is 32.1. The molecule has 0 radical (unpaired) electrons. The van der Waals surface area contributed by atoms with Crippen molar-refractivity contribution in [2.75, 3.05) is 20.8 Å². The van der Waals surface area contributed by atoms with E-state index in [-0.39, 0.29) is 6.04 Å². The van der Waals surface area contributed by atoms with Crippen LogP contribution in [-0.2, 0) is 0 Å². The number of rotatable bonds is 6. The fraction of sp³-hybridized carbons (Fsp3) is 0.400. The molecule has 0 spiro atoms. The molecule has 0 aliphatic heterocycles. The maximum absolute atomic E-state index is 5.47. The lowest BCUT2D eigenvalue weighted by molar-refractivity contribution is 0.356. The molecule has 0 amide bonds. The van der Waals surface area contributed by atoms with E-state index in [4.69, 9.17) is 14.5 Å². The second-order valence-electron chi connectivity index (χ2n) is 4.40. The van der Waals surface area contributed by atoms with E-state index < -0.39 is 0 Å². The Balaban J connectivity index is 2.37. The molecule has 0 aliphatic carbocycles. The van der Waals surface area contributed by atoms with Crippen molar-refractivity contribution in [2.45, 2.75) is 19.9 Å². The Morgan fingerprint density at radius 2 is 2.10 bits per heavy atom. The number of aromatic nitrogens is 1. The van der Waals surface area contributed by atoms with Gasteiger partial charge in [-0.25, -0.2) is 4.98 Å². The molecule has 0 saturated carbocycles. The van der Waals surface area contributed by atoms with Gasteiger partial charge in [-0.3, -0.25) is 0 Å². The normalized spacial score (nSPS) is 12.2. The van der Waals surface area contributed by atoms with Crippen LogP contribution in [0.25, 0.3) is 10.6 Å². The minimum atomic E-state index is 0.251. The fourth-order valence-electron chi connectivity index (χ4n) is 2.08. The topological polar surface area (TPSA) is 43.4 Å². The number of para-hydroxylation sites is 1. The number of methoxy groups -OCH3 is 2. The molecule has 1 aromatic carbocycles. The molecule has 0 aliphatic rings. The number of thiazole rings is 1. The van der Waals surface area contributed by atoms with E-state index in [0.29, 0.717) is 0 Å². The summed E-state index contributed by atoms with van der Waals surface area (Å²) in [6.45, 7) is 5.14. The van der Waals surface area contributed by atoms with Crippen molar-refractivity contribution in [3.05, 3.63) is 29.3 Å². The lowest BCUT2D eigenvalue weighted by Gasteiger charge is -2.11. The molecular weight excluding hydrogens is 272 g/mol. The molecule has 1 heterocycles. The molecule has 0 saturated heterocycles. The van der Waals surface area contributed by atoms with E-state index in [1.807, 2.05) is 18.2 Å². The quantitative estimate of drug-likeness (QED) is 0.885. The zero-order chi connectivity index (χ0) is 14.5. The highest BCUT2D eigenvalue weighted by Gasteiger charge is 2.16. The fourth-order valence-corrected chi connectivity index (χ4v) is 3.01. The van der Waals surface area contributed by atoms with Crippen LogP contribution in [0, 0.1) is 0 Å². The van der Waals surface area contributed by atoms with Gasteiger partial charge in [-0.1, -0.05) is 13.0 Å². The highest BCUT2D eigenvalue weighted by Crippen LogP contribution is 2.39. The number of hydrogen-bond acceptors (Lipinski definition) is 5. The monoisotopic (exact) mass is 292 g/mol. The van der Waals surface area contributed by atoms with Gasteiger partial charge in [0.15, 0.2) is 11.5 Å². The molecule has 2 aromatic rings. The van der Waals surface area contributed by atoms with E-state index >= 15 is 0 Å². The molecule has 5 heteroatoms. The first-order chi connectivity index (χ1) is 9.71. The lowest BCUT2D eigenvalue weighted by atomic mass is 10.2. The van der Waals surface area contributed by atoms with Gasteiger partial charge in [0.05, 0.1) is 25.5 Å². The second-order valence-corrected chi connectivity index (χ2v) is 5.26. The van der Waals surface area contributed by atoms with Crippen molar-refractivity contribution in [1.82, 2.24) is 10.3 Å². The summed E-state index contributed by atoms with van der Waals surface area (Å²) in [4.78, 5) is 4.70. The van der Waals surface area contributed by atoms with Gasteiger partial charge in [0.1, 0.15) is 5.01 Å². The van der Waals surface area contributed by atoms with Gasteiger partial charge in [-0.05, 0) is 25.6 Å². The summed E-state index contributed by atoms with van der Waals surface area (Å²) in [6, 6.07) is 6.09. The number of benzene rings is 1. The first-order valence-electron chi connectivity index (χ1n) is 6.61. The third-order valence-electron chi connectivity index (χ3n) is 3.11. The summed E-state index contributed by atoms with van der Waals surface area (Å²) in [7, 11) is 3.29. The van der Waals surface area contributed by atoms with Gasteiger partial charge in [0.2, 0.25) is 0 Å². The Labute approximate surface area is 123 Å². The molecule has 1 unspecified atom stereocenters. The molecular formula is C15H20N2O2S. The smallest absolute Gasteiger partial charge is 0.170 e. The zero-order valence-corrected chi connectivity index (χ0v) is 13.1. The summed E-state index contributed by atoms with van der Waals surface area (Å²) in [5, 5.41) is 6.40. The predicted molar refractivity (Wildman–Crippen MR) is 82.7 cm³/mol. The van der Waals surface area contributed by atoms with Crippen LogP contribution in [0.1, 0.15) is 25.6 Å². The largest absolute Gasteiger partial charge is 0.493 e. The SMILES string of the molecule is CCNC(C)c1csc(-c2cccc(OC)c2OC)n1. The van der Waals surface area contributed by atoms with Gasteiger partial charge in [0, 0.05) is 11.4 Å². The third-order valence-corrected chi connectivity index (χ3v) is 4.00. The maximum atomic E-state index is 5.47. The molecule has 2 rings (SSSR count). The highest BCUT2D eigenvalue weighted by molar-refractivity contribution is 7.13. The third kappa shape index (κ3) is 2.94. The van der Waals surface area contributed by atoms with Crippen LogP contribution < -0.4 is 14.8 Å². The van der Waals surface area contributed by atoms with Crippen LogP contribution in [0.15, 0.2) is 23.6 Å². The van der Waals surface area contributed by atoms with Gasteiger partial charge >= 0.3 is 0 Å². The van der Waals surface area contributed by atoms with E-state index in [9.17, 15) is 0 Å². The molecule has 108 valence electrons. The molecule has 1 atom stereocenters. The molecule has 20 heavy (non-hydrogen) atoms. The lowest BCUT2D eigenvalue weighted by Crippen LogP contribution is -2.17. The Hall–Kier alpha value is -1.59. The van der Waals surface area contributed by atoms with Gasteiger partial charge in [-0.15, -0.1) is 11.3 Å². The average Bonchev–Trinajstić information content (AvgIpc) is 2.96. The Morgan fingerprint density at radius 3 is 2.75 bits per heavy atom. The van der Waals surface area contributed by atoms with E-state index in [1.54, 1.807) is 25.6 Å². The first-order valence-corrected chi connectivity index (χ1v) is 7.49. The minimum absolute atomic E-state index is 0.251. The van der Waals surface area contributed by atoms with Crippen molar-refractivity contribution < 1.29 is 9.47 Å². The van der Waals surface area contributed by atoms with Gasteiger partial charge in [0.25, 0.3) is 0 Å². The number of nitrogens with one attached hydrogen (secondary N) is 1. The summed E-state index contributed by atoms with van der Waals surface area (Å²) >= 11 is 1.62. The standard InChI is InChI=1S/C15H20N2O2S/c1-5-16-10(2)12-9-20-15(17-12)11-7-6-8-13(18-3)14(11)19-4/h6-10,16H,5H2,1-4H3. The molecule has 4 nitrogen and oxygen atoms in total. The Morgan fingerprint density at radius 1 is 1.30 bits per heavy atom. The van der Waals surface area contributed by atoms with Crippen LogP contribution >= 0.6 is 11.3 Å². The van der Waals surface area contributed by atoms with Crippen molar-refractivity contribution in [3.63, 3.8) is 0 Å². The van der Waals surface area contributed by atoms with Crippen molar-refractivity contribution in [2.24, 2.45) is 0 Å². The van der Waals surface area contributed by atoms with Crippen molar-refractivity contribution in [1.29, 1.82) is 0 Å². The Kier molecular flexibility index (Phi) is 4.98. The van der Waals surface area contributed by atoms with Gasteiger partial charge < -0.3 is 14.8 Å². The van der Waals surface area contributed by atoms with E-state index in [1.165, 1.54) is 0 Å². The zero-order valence-electron chi connectivity index (χ0n) is 12.3. The number of nitrogens with zero attached hydrogens (tertiary/aromatic N) is 1. The van der Waals surface area contributed by atoms with Crippen LogP contribution in [0.5, 0.6) is 11.5 Å². The number of ether oxygens (including phenoxy) is 2. The summed E-state index contributed by atoms with van der Waals surface area (Å²) < 4.78 is 10.8. The Bertz CT molecular complexity index is 569. The summed E-state index contributed by atoms with van der Waals surface area (Å²) in [5.74, 6) is 1.45. The first kappa shape index (κ1) is 14.8. The predicted octanol–water partition coefficient (Wildman–Crippen LogP) is 3.50. The average molecular weight is 292 g/mol.